The summed E-state index contributed by atoms with van der Waals surface area (Å²) < 4.78 is 18.0. The third kappa shape index (κ3) is 3.22. The van der Waals surface area contributed by atoms with Gasteiger partial charge in [0.15, 0.2) is 0 Å². The Morgan fingerprint density at radius 1 is 1.33 bits per heavy atom. The summed E-state index contributed by atoms with van der Waals surface area (Å²) in [4.78, 5) is 18.2. The van der Waals surface area contributed by atoms with Gasteiger partial charge in [0, 0.05) is 17.8 Å². The van der Waals surface area contributed by atoms with Crippen molar-refractivity contribution in [2.45, 2.75) is 6.61 Å². The van der Waals surface area contributed by atoms with Crippen molar-refractivity contribution in [1.29, 1.82) is 0 Å². The highest BCUT2D eigenvalue weighted by Gasteiger charge is 2.19. The van der Waals surface area contributed by atoms with Gasteiger partial charge in [0.05, 0.1) is 12.0 Å². The molecular formula is C15H11FN2O2S. The van der Waals surface area contributed by atoms with Crippen LogP contribution >= 0.6 is 11.8 Å². The average Bonchev–Trinajstić information content (AvgIpc) is 2.53. The molecule has 3 rings (SSSR count). The number of benzene rings is 1. The maximum absolute atomic E-state index is 12.8. The molecular weight excluding hydrogens is 291 g/mol. The molecule has 2 aliphatic heterocycles. The third-order valence-electron chi connectivity index (χ3n) is 2.87. The number of halogens is 1. The van der Waals surface area contributed by atoms with Gasteiger partial charge in [-0.2, -0.15) is 0 Å². The van der Waals surface area contributed by atoms with E-state index >= 15 is 0 Å². The zero-order valence-corrected chi connectivity index (χ0v) is 11.7. The zero-order chi connectivity index (χ0) is 14.7. The number of hydrogen-bond acceptors (Lipinski definition) is 5. The fourth-order valence-electron chi connectivity index (χ4n) is 1.77. The van der Waals surface area contributed by atoms with Gasteiger partial charge in [-0.3, -0.25) is 0 Å². The SMILES string of the molecule is O=C(OCc1ccc(F)cc1)C1=CN2C=NC=CC2=CS1. The van der Waals surface area contributed by atoms with Gasteiger partial charge in [-0.15, -0.1) is 0 Å². The first kappa shape index (κ1) is 13.6. The van der Waals surface area contributed by atoms with E-state index < -0.39 is 5.97 Å². The standard InChI is InChI=1S/C15H11FN2O2S/c16-12-3-1-11(2-4-12)8-20-15(19)14-7-18-10-17-6-5-13(18)9-21-14/h1-7,9-10H,8H2. The number of allylic oxidation sites excluding steroid dienone is 1. The number of aliphatic imine (C=N–C) groups is 1. The lowest BCUT2D eigenvalue weighted by Crippen LogP contribution is -2.20. The van der Waals surface area contributed by atoms with Gasteiger partial charge in [-0.25, -0.2) is 14.2 Å². The molecule has 2 aliphatic rings. The Bertz CT molecular complexity index is 677. The predicted molar refractivity (Wildman–Crippen MR) is 79.4 cm³/mol. The molecule has 0 amide bonds. The molecule has 0 unspecified atom stereocenters. The second-order valence-electron chi connectivity index (χ2n) is 4.34. The van der Waals surface area contributed by atoms with Crippen LogP contribution in [0.4, 0.5) is 4.39 Å². The van der Waals surface area contributed by atoms with Crippen molar-refractivity contribution in [2.75, 3.05) is 0 Å². The molecule has 0 atom stereocenters. The molecule has 0 radical (unpaired) electrons. The molecule has 0 aromatic heterocycles. The minimum Gasteiger partial charge on any atom is -0.457 e. The fourth-order valence-corrected chi connectivity index (χ4v) is 2.55. The van der Waals surface area contributed by atoms with Crippen LogP contribution in [-0.4, -0.2) is 17.2 Å². The number of nitrogens with zero attached hydrogens (tertiary/aromatic N) is 2. The zero-order valence-electron chi connectivity index (χ0n) is 10.9. The summed E-state index contributed by atoms with van der Waals surface area (Å²) in [6.45, 7) is 0.113. The van der Waals surface area contributed by atoms with Crippen molar-refractivity contribution < 1.29 is 13.9 Å². The molecule has 1 aromatic carbocycles. The largest absolute Gasteiger partial charge is 0.457 e. The van der Waals surface area contributed by atoms with E-state index in [-0.39, 0.29) is 12.4 Å². The van der Waals surface area contributed by atoms with Gasteiger partial charge in [0.1, 0.15) is 17.3 Å². The van der Waals surface area contributed by atoms with E-state index in [0.29, 0.717) is 4.91 Å². The number of hydrogen-bond donors (Lipinski definition) is 0. The van der Waals surface area contributed by atoms with Crippen LogP contribution in [0.25, 0.3) is 0 Å². The van der Waals surface area contributed by atoms with Gasteiger partial charge >= 0.3 is 5.97 Å². The number of fused-ring (bicyclic) bond motifs is 1. The third-order valence-corrected chi connectivity index (χ3v) is 3.75. The minimum atomic E-state index is -0.414. The summed E-state index contributed by atoms with van der Waals surface area (Å²) in [5.74, 6) is -0.728. The molecule has 106 valence electrons. The van der Waals surface area contributed by atoms with E-state index in [1.165, 1.54) is 23.9 Å². The molecule has 1 aromatic rings. The molecule has 0 saturated heterocycles. The minimum absolute atomic E-state index is 0.113. The van der Waals surface area contributed by atoms with Crippen LogP contribution in [0.3, 0.4) is 0 Å². The van der Waals surface area contributed by atoms with E-state index in [1.54, 1.807) is 35.8 Å². The van der Waals surface area contributed by atoms with Crippen LogP contribution in [0.5, 0.6) is 0 Å². The van der Waals surface area contributed by atoms with Crippen LogP contribution in [-0.2, 0) is 16.1 Å². The van der Waals surface area contributed by atoms with Crippen molar-refractivity contribution in [1.82, 2.24) is 4.90 Å². The highest BCUT2D eigenvalue weighted by atomic mass is 32.2. The van der Waals surface area contributed by atoms with Gasteiger partial charge in [0.2, 0.25) is 0 Å². The molecule has 4 nitrogen and oxygen atoms in total. The summed E-state index contributed by atoms with van der Waals surface area (Å²) in [6, 6.07) is 5.85. The van der Waals surface area contributed by atoms with Crippen LogP contribution in [0, 0.1) is 5.82 Å². The van der Waals surface area contributed by atoms with Crippen molar-refractivity contribution in [3.63, 3.8) is 0 Å². The summed E-state index contributed by atoms with van der Waals surface area (Å²) in [5, 5.41) is 1.86. The summed E-state index contributed by atoms with van der Waals surface area (Å²) >= 11 is 1.30. The Labute approximate surface area is 125 Å². The smallest absolute Gasteiger partial charge is 0.346 e. The van der Waals surface area contributed by atoms with Crippen molar-refractivity contribution in [2.24, 2.45) is 4.99 Å². The Morgan fingerprint density at radius 3 is 2.95 bits per heavy atom. The highest BCUT2D eigenvalue weighted by molar-refractivity contribution is 8.06. The summed E-state index contributed by atoms with van der Waals surface area (Å²) in [5.41, 5.74) is 1.69. The van der Waals surface area contributed by atoms with Gasteiger partial charge in [0.25, 0.3) is 0 Å². The van der Waals surface area contributed by atoms with Crippen LogP contribution in [0.15, 0.2) is 63.7 Å². The number of ether oxygens (including phenoxy) is 1. The lowest BCUT2D eigenvalue weighted by atomic mass is 10.2. The first-order valence-electron chi connectivity index (χ1n) is 6.21. The molecule has 0 spiro atoms. The fraction of sp³-hybridized carbons (Fsp3) is 0.0667. The van der Waals surface area contributed by atoms with Crippen molar-refractivity contribution >= 4 is 24.1 Å². The van der Waals surface area contributed by atoms with E-state index in [1.807, 2.05) is 11.5 Å². The second kappa shape index (κ2) is 5.97. The topological polar surface area (TPSA) is 41.9 Å². The van der Waals surface area contributed by atoms with E-state index in [2.05, 4.69) is 4.99 Å². The monoisotopic (exact) mass is 302 g/mol. The van der Waals surface area contributed by atoms with Gasteiger partial charge in [-0.05, 0) is 23.8 Å². The lowest BCUT2D eigenvalue weighted by molar-refractivity contribution is -0.139. The number of thioether (sulfide) groups is 1. The molecule has 0 N–H and O–H groups in total. The average molecular weight is 302 g/mol. The van der Waals surface area contributed by atoms with E-state index in [4.69, 9.17) is 4.74 Å². The quantitative estimate of drug-likeness (QED) is 0.804. The number of esters is 1. The molecule has 0 saturated carbocycles. The first-order valence-corrected chi connectivity index (χ1v) is 7.09. The number of carbonyl (C=O) groups is 1. The summed E-state index contributed by atoms with van der Waals surface area (Å²) in [7, 11) is 0. The number of rotatable bonds is 3. The van der Waals surface area contributed by atoms with Crippen molar-refractivity contribution in [3.8, 4) is 0 Å². The van der Waals surface area contributed by atoms with Crippen LogP contribution in [0.1, 0.15) is 5.56 Å². The second-order valence-corrected chi connectivity index (χ2v) is 5.26. The Hall–Kier alpha value is -2.34. The molecule has 0 fully saturated rings. The lowest BCUT2D eigenvalue weighted by Gasteiger charge is -2.22. The van der Waals surface area contributed by atoms with Gasteiger partial charge < -0.3 is 9.64 Å². The normalized spacial score (nSPS) is 16.1. The Kier molecular flexibility index (Phi) is 3.87. The molecule has 6 heteroatoms. The first-order chi connectivity index (χ1) is 10.2. The maximum atomic E-state index is 12.8. The molecule has 0 aliphatic carbocycles. The van der Waals surface area contributed by atoms with Crippen molar-refractivity contribution in [3.05, 3.63) is 70.1 Å². The number of carbonyl (C=O) groups excluding carboxylic acids is 1. The Morgan fingerprint density at radius 2 is 2.14 bits per heavy atom. The summed E-state index contributed by atoms with van der Waals surface area (Å²) in [6.07, 6.45) is 6.84. The molecule has 0 bridgehead atoms. The van der Waals surface area contributed by atoms with Gasteiger partial charge in [-0.1, -0.05) is 23.9 Å². The molecule has 2 heterocycles. The Balaban J connectivity index is 1.61. The van der Waals surface area contributed by atoms with E-state index in [0.717, 1.165) is 11.3 Å². The molecule has 21 heavy (non-hydrogen) atoms. The van der Waals surface area contributed by atoms with Crippen LogP contribution in [0.2, 0.25) is 0 Å². The predicted octanol–water partition coefficient (Wildman–Crippen LogP) is 3.16. The maximum Gasteiger partial charge on any atom is 0.346 e. The van der Waals surface area contributed by atoms with Crippen LogP contribution < -0.4 is 0 Å². The van der Waals surface area contributed by atoms with E-state index in [9.17, 15) is 9.18 Å². The highest BCUT2D eigenvalue weighted by Crippen LogP contribution is 2.29.